The van der Waals surface area contributed by atoms with Gasteiger partial charge < -0.3 is 5.32 Å². The Labute approximate surface area is 96.1 Å². The Kier molecular flexibility index (Phi) is 3.76. The summed E-state index contributed by atoms with van der Waals surface area (Å²) in [6, 6.07) is 0.421. The Bertz CT molecular complexity index is 302. The van der Waals surface area contributed by atoms with E-state index in [-0.39, 0.29) is 0 Å². The molecule has 84 valence electrons. The molecule has 1 aliphatic carbocycles. The summed E-state index contributed by atoms with van der Waals surface area (Å²) < 4.78 is 0. The summed E-state index contributed by atoms with van der Waals surface area (Å²) in [6.45, 7) is 5.44. The molecule has 15 heavy (non-hydrogen) atoms. The van der Waals surface area contributed by atoms with Gasteiger partial charge in [-0.15, -0.1) is 11.3 Å². The van der Waals surface area contributed by atoms with Gasteiger partial charge in [-0.05, 0) is 39.2 Å². The molecule has 0 aliphatic heterocycles. The van der Waals surface area contributed by atoms with E-state index < -0.39 is 0 Å². The molecule has 0 radical (unpaired) electrons. The lowest BCUT2D eigenvalue weighted by Gasteiger charge is -2.14. The highest BCUT2D eigenvalue weighted by Crippen LogP contribution is 2.25. The van der Waals surface area contributed by atoms with Crippen molar-refractivity contribution in [1.82, 2.24) is 10.3 Å². The van der Waals surface area contributed by atoms with Gasteiger partial charge in [0.2, 0.25) is 0 Å². The Hall–Kier alpha value is -0.410. The topological polar surface area (TPSA) is 24.9 Å². The fraction of sp³-hybridized carbons (Fsp3) is 0.750. The minimum Gasteiger partial charge on any atom is -0.308 e. The molecule has 1 aromatic heterocycles. The molecule has 0 bridgehead atoms. The van der Waals surface area contributed by atoms with Crippen LogP contribution in [0.1, 0.15) is 49.4 Å². The van der Waals surface area contributed by atoms with Gasteiger partial charge in [-0.3, -0.25) is 0 Å². The monoisotopic (exact) mass is 224 g/mol. The van der Waals surface area contributed by atoms with Crippen LogP contribution < -0.4 is 5.32 Å². The van der Waals surface area contributed by atoms with Crippen LogP contribution in [0.15, 0.2) is 5.38 Å². The molecule has 1 atom stereocenters. The second-order valence-corrected chi connectivity index (χ2v) is 5.50. The molecule has 0 saturated heterocycles. The van der Waals surface area contributed by atoms with E-state index in [4.69, 9.17) is 0 Å². The van der Waals surface area contributed by atoms with Crippen LogP contribution in [0.3, 0.4) is 0 Å². The molecule has 1 heterocycles. The molecule has 0 aromatic carbocycles. The Morgan fingerprint density at radius 3 is 2.87 bits per heavy atom. The van der Waals surface area contributed by atoms with Crippen molar-refractivity contribution in [2.75, 3.05) is 6.54 Å². The lowest BCUT2D eigenvalue weighted by atomic mass is 10.1. The molecular weight excluding hydrogens is 204 g/mol. The van der Waals surface area contributed by atoms with Gasteiger partial charge in [0.05, 0.1) is 6.04 Å². The first kappa shape index (κ1) is 11.1. The van der Waals surface area contributed by atoms with Crippen LogP contribution >= 0.6 is 11.3 Å². The summed E-state index contributed by atoms with van der Waals surface area (Å²) in [7, 11) is 0. The van der Waals surface area contributed by atoms with Crippen molar-refractivity contribution in [3.8, 4) is 0 Å². The summed E-state index contributed by atoms with van der Waals surface area (Å²) in [5.41, 5.74) is 1.14. The second-order valence-electron chi connectivity index (χ2n) is 4.61. The zero-order valence-corrected chi connectivity index (χ0v) is 10.4. The summed E-state index contributed by atoms with van der Waals surface area (Å²) in [5, 5.41) is 6.96. The molecular formula is C12H20N2S. The van der Waals surface area contributed by atoms with Crippen molar-refractivity contribution in [3.05, 3.63) is 16.1 Å². The van der Waals surface area contributed by atoms with E-state index in [1.165, 1.54) is 37.2 Å². The highest BCUT2D eigenvalue weighted by Gasteiger charge is 2.16. The van der Waals surface area contributed by atoms with Crippen molar-refractivity contribution in [2.45, 2.75) is 45.6 Å². The van der Waals surface area contributed by atoms with E-state index in [2.05, 4.69) is 29.5 Å². The molecule has 1 aliphatic rings. The van der Waals surface area contributed by atoms with Gasteiger partial charge in [0.15, 0.2) is 0 Å². The van der Waals surface area contributed by atoms with Crippen molar-refractivity contribution in [3.63, 3.8) is 0 Å². The first-order chi connectivity index (χ1) is 7.25. The highest BCUT2D eigenvalue weighted by atomic mass is 32.1. The van der Waals surface area contributed by atoms with Crippen LogP contribution in [0.2, 0.25) is 0 Å². The lowest BCUT2D eigenvalue weighted by molar-refractivity contribution is 0.451. The zero-order chi connectivity index (χ0) is 10.7. The predicted octanol–water partition coefficient (Wildman–Crippen LogP) is 3.29. The van der Waals surface area contributed by atoms with Crippen molar-refractivity contribution >= 4 is 11.3 Å². The van der Waals surface area contributed by atoms with Gasteiger partial charge in [-0.1, -0.05) is 12.8 Å². The van der Waals surface area contributed by atoms with E-state index >= 15 is 0 Å². The lowest BCUT2D eigenvalue weighted by Crippen LogP contribution is -2.24. The normalized spacial score (nSPS) is 19.6. The molecule has 3 heteroatoms. The molecule has 1 N–H and O–H groups in total. The maximum absolute atomic E-state index is 4.51. The number of hydrogen-bond acceptors (Lipinski definition) is 3. The van der Waals surface area contributed by atoms with Gasteiger partial charge in [0, 0.05) is 11.1 Å². The van der Waals surface area contributed by atoms with Crippen molar-refractivity contribution in [1.29, 1.82) is 0 Å². The number of aromatic nitrogens is 1. The van der Waals surface area contributed by atoms with Gasteiger partial charge in [0.25, 0.3) is 0 Å². The number of thiazole rings is 1. The van der Waals surface area contributed by atoms with E-state index in [0.717, 1.165) is 11.6 Å². The Balaban J connectivity index is 1.79. The largest absolute Gasteiger partial charge is 0.308 e. The predicted molar refractivity (Wildman–Crippen MR) is 65.2 cm³/mol. The quantitative estimate of drug-likeness (QED) is 0.849. The van der Waals surface area contributed by atoms with Crippen molar-refractivity contribution in [2.24, 2.45) is 5.92 Å². The fourth-order valence-corrected chi connectivity index (χ4v) is 3.04. The van der Waals surface area contributed by atoms with E-state index in [0.29, 0.717) is 6.04 Å². The fourth-order valence-electron chi connectivity index (χ4n) is 2.22. The van der Waals surface area contributed by atoms with Crippen LogP contribution in [0.4, 0.5) is 0 Å². The molecule has 1 unspecified atom stereocenters. The third kappa shape index (κ3) is 3.02. The number of nitrogens with one attached hydrogen (secondary N) is 1. The molecule has 2 nitrogen and oxygen atoms in total. The van der Waals surface area contributed by atoms with Crippen LogP contribution in [0, 0.1) is 12.8 Å². The summed E-state index contributed by atoms with van der Waals surface area (Å²) in [4.78, 5) is 4.51. The highest BCUT2D eigenvalue weighted by molar-refractivity contribution is 7.09. The van der Waals surface area contributed by atoms with Crippen LogP contribution in [0.25, 0.3) is 0 Å². The second kappa shape index (κ2) is 5.08. The third-order valence-corrected chi connectivity index (χ3v) is 4.34. The van der Waals surface area contributed by atoms with Gasteiger partial charge >= 0.3 is 0 Å². The van der Waals surface area contributed by atoms with E-state index in [1.54, 1.807) is 11.3 Å². The maximum atomic E-state index is 4.51. The average Bonchev–Trinajstić information content (AvgIpc) is 2.84. The molecule has 1 fully saturated rings. The number of aryl methyl sites for hydroxylation is 1. The Morgan fingerprint density at radius 2 is 2.27 bits per heavy atom. The SMILES string of the molecule is Cc1csc(C(C)NCC2CCCC2)n1. The van der Waals surface area contributed by atoms with Gasteiger partial charge in [-0.2, -0.15) is 0 Å². The summed E-state index contributed by atoms with van der Waals surface area (Å²) >= 11 is 1.77. The maximum Gasteiger partial charge on any atom is 0.110 e. The first-order valence-corrected chi connectivity index (χ1v) is 6.79. The van der Waals surface area contributed by atoms with Crippen molar-refractivity contribution < 1.29 is 0 Å². The number of rotatable bonds is 4. The molecule has 1 aromatic rings. The summed E-state index contributed by atoms with van der Waals surface area (Å²) in [5.74, 6) is 0.911. The summed E-state index contributed by atoms with van der Waals surface area (Å²) in [6.07, 6.45) is 5.68. The first-order valence-electron chi connectivity index (χ1n) is 5.91. The molecule has 1 saturated carbocycles. The number of nitrogens with zero attached hydrogens (tertiary/aromatic N) is 1. The van der Waals surface area contributed by atoms with E-state index in [1.807, 2.05) is 0 Å². The average molecular weight is 224 g/mol. The smallest absolute Gasteiger partial charge is 0.110 e. The van der Waals surface area contributed by atoms with Crippen LogP contribution in [-0.4, -0.2) is 11.5 Å². The van der Waals surface area contributed by atoms with Crippen LogP contribution in [-0.2, 0) is 0 Å². The minimum absolute atomic E-state index is 0.421. The molecule has 0 spiro atoms. The minimum atomic E-state index is 0.421. The zero-order valence-electron chi connectivity index (χ0n) is 9.62. The molecule has 0 amide bonds. The third-order valence-electron chi connectivity index (χ3n) is 3.19. The van der Waals surface area contributed by atoms with Gasteiger partial charge in [0.1, 0.15) is 5.01 Å². The molecule has 2 rings (SSSR count). The Morgan fingerprint density at radius 1 is 1.53 bits per heavy atom. The van der Waals surface area contributed by atoms with Crippen LogP contribution in [0.5, 0.6) is 0 Å². The van der Waals surface area contributed by atoms with Gasteiger partial charge in [-0.25, -0.2) is 4.98 Å². The van der Waals surface area contributed by atoms with E-state index in [9.17, 15) is 0 Å². The number of hydrogen-bond donors (Lipinski definition) is 1. The standard InChI is InChI=1S/C12H20N2S/c1-9-8-15-12(14-9)10(2)13-7-11-5-3-4-6-11/h8,10-11,13H,3-7H2,1-2H3.